The normalized spacial score (nSPS) is 11.1. The number of Topliss-reactive ketones (excluding diaryl/α,β-unsaturated/α-hetero) is 1. The lowest BCUT2D eigenvalue weighted by Gasteiger charge is -2.10. The summed E-state index contributed by atoms with van der Waals surface area (Å²) in [6, 6.07) is 11.0. The van der Waals surface area contributed by atoms with Gasteiger partial charge >= 0.3 is 0 Å². The van der Waals surface area contributed by atoms with Crippen LogP contribution in [0.25, 0.3) is 6.08 Å². The third kappa shape index (κ3) is 3.25. The number of hydrogen-bond donors (Lipinski definition) is 1. The SMILES string of the molecule is COC(=Cc1ccccc1)C(=O)c1cc(F)cc(OC)c1O. The second-order valence-corrected chi connectivity index (χ2v) is 4.46. The maximum atomic E-state index is 13.5. The van der Waals surface area contributed by atoms with Crippen molar-refractivity contribution < 1.29 is 23.8 Å². The highest BCUT2D eigenvalue weighted by Gasteiger charge is 2.21. The van der Waals surface area contributed by atoms with Crippen LogP contribution in [-0.4, -0.2) is 25.1 Å². The van der Waals surface area contributed by atoms with Crippen molar-refractivity contribution in [1.29, 1.82) is 0 Å². The summed E-state index contributed by atoms with van der Waals surface area (Å²) in [6.07, 6.45) is 1.51. The zero-order valence-corrected chi connectivity index (χ0v) is 12.2. The first kappa shape index (κ1) is 15.6. The number of halogens is 1. The van der Waals surface area contributed by atoms with Gasteiger partial charge in [-0.3, -0.25) is 4.79 Å². The molecule has 0 aliphatic carbocycles. The van der Waals surface area contributed by atoms with Crippen LogP contribution < -0.4 is 4.74 Å². The number of carbonyl (C=O) groups excluding carboxylic acids is 1. The van der Waals surface area contributed by atoms with Gasteiger partial charge in [0.25, 0.3) is 0 Å². The Balaban J connectivity index is 2.46. The molecule has 4 nitrogen and oxygen atoms in total. The van der Waals surface area contributed by atoms with Crippen molar-refractivity contribution in [3.63, 3.8) is 0 Å². The van der Waals surface area contributed by atoms with Gasteiger partial charge in [0.1, 0.15) is 5.82 Å². The predicted molar refractivity (Wildman–Crippen MR) is 80.4 cm³/mol. The van der Waals surface area contributed by atoms with Crippen molar-refractivity contribution in [1.82, 2.24) is 0 Å². The fourth-order valence-electron chi connectivity index (χ4n) is 1.95. The minimum atomic E-state index is -0.687. The third-order valence-corrected chi connectivity index (χ3v) is 3.05. The number of aromatic hydroxyl groups is 1. The topological polar surface area (TPSA) is 55.8 Å². The Morgan fingerprint density at radius 1 is 1.18 bits per heavy atom. The molecule has 5 heteroatoms. The van der Waals surface area contributed by atoms with Crippen LogP contribution in [0.5, 0.6) is 11.5 Å². The van der Waals surface area contributed by atoms with Crippen LogP contribution in [0.3, 0.4) is 0 Å². The average molecular weight is 302 g/mol. The van der Waals surface area contributed by atoms with Gasteiger partial charge in [0, 0.05) is 6.07 Å². The third-order valence-electron chi connectivity index (χ3n) is 3.05. The van der Waals surface area contributed by atoms with E-state index in [2.05, 4.69) is 0 Å². The lowest BCUT2D eigenvalue weighted by Crippen LogP contribution is -2.07. The lowest BCUT2D eigenvalue weighted by molar-refractivity contribution is 0.0953. The van der Waals surface area contributed by atoms with E-state index in [4.69, 9.17) is 9.47 Å². The highest BCUT2D eigenvalue weighted by atomic mass is 19.1. The van der Waals surface area contributed by atoms with Crippen molar-refractivity contribution in [2.45, 2.75) is 0 Å². The van der Waals surface area contributed by atoms with Crippen LogP contribution in [0, 0.1) is 5.82 Å². The minimum absolute atomic E-state index is 0.0193. The van der Waals surface area contributed by atoms with E-state index in [-0.39, 0.29) is 17.1 Å². The second-order valence-electron chi connectivity index (χ2n) is 4.46. The van der Waals surface area contributed by atoms with E-state index in [1.54, 1.807) is 12.1 Å². The first-order chi connectivity index (χ1) is 10.6. The van der Waals surface area contributed by atoms with E-state index in [0.717, 1.165) is 17.7 Å². The number of hydrogen-bond acceptors (Lipinski definition) is 4. The standard InChI is InChI=1S/C17H15FO4/c1-21-14(8-11-6-4-3-5-7-11)16(19)13-9-12(18)10-15(22-2)17(13)20/h3-10,20H,1-2H3. The molecule has 22 heavy (non-hydrogen) atoms. The minimum Gasteiger partial charge on any atom is -0.504 e. The van der Waals surface area contributed by atoms with Crippen molar-refractivity contribution >= 4 is 11.9 Å². The number of ether oxygens (including phenoxy) is 2. The van der Waals surface area contributed by atoms with Crippen LogP contribution in [-0.2, 0) is 4.74 Å². The number of carbonyl (C=O) groups is 1. The van der Waals surface area contributed by atoms with Crippen LogP contribution in [0.15, 0.2) is 48.2 Å². The van der Waals surface area contributed by atoms with Gasteiger partial charge in [-0.1, -0.05) is 30.3 Å². The number of phenols is 1. The molecule has 0 aliphatic heterocycles. The van der Waals surface area contributed by atoms with Gasteiger partial charge in [-0.15, -0.1) is 0 Å². The summed E-state index contributed by atoms with van der Waals surface area (Å²) in [7, 11) is 2.61. The van der Waals surface area contributed by atoms with Crippen LogP contribution >= 0.6 is 0 Å². The smallest absolute Gasteiger partial charge is 0.231 e. The lowest BCUT2D eigenvalue weighted by atomic mass is 10.1. The molecule has 0 aliphatic rings. The molecule has 0 amide bonds. The molecule has 0 atom stereocenters. The Hall–Kier alpha value is -2.82. The largest absolute Gasteiger partial charge is 0.504 e. The van der Waals surface area contributed by atoms with E-state index < -0.39 is 17.3 Å². The molecule has 0 fully saturated rings. The number of phenolic OH excluding ortho intramolecular Hbond substituents is 1. The van der Waals surface area contributed by atoms with Crippen LogP contribution in [0.4, 0.5) is 4.39 Å². The van der Waals surface area contributed by atoms with E-state index in [0.29, 0.717) is 0 Å². The number of allylic oxidation sites excluding steroid dienone is 1. The van der Waals surface area contributed by atoms with Crippen molar-refractivity contribution in [2.75, 3.05) is 14.2 Å². The number of rotatable bonds is 5. The number of benzene rings is 2. The fraction of sp³-hybridized carbons (Fsp3) is 0.118. The fourth-order valence-corrected chi connectivity index (χ4v) is 1.95. The van der Waals surface area contributed by atoms with Gasteiger partial charge in [-0.25, -0.2) is 4.39 Å². The predicted octanol–water partition coefficient (Wildman–Crippen LogP) is 3.41. The van der Waals surface area contributed by atoms with Crippen LogP contribution in [0.1, 0.15) is 15.9 Å². The Morgan fingerprint density at radius 2 is 1.86 bits per heavy atom. The number of ketones is 1. The summed E-state index contributed by atoms with van der Waals surface area (Å²) < 4.78 is 23.5. The summed E-state index contributed by atoms with van der Waals surface area (Å²) in [5.41, 5.74) is 0.524. The molecular weight excluding hydrogens is 287 g/mol. The summed E-state index contributed by atoms with van der Waals surface area (Å²) in [4.78, 5) is 12.4. The van der Waals surface area contributed by atoms with Gasteiger partial charge in [0.15, 0.2) is 17.3 Å². The van der Waals surface area contributed by atoms with Crippen LogP contribution in [0.2, 0.25) is 0 Å². The van der Waals surface area contributed by atoms with E-state index in [1.165, 1.54) is 20.3 Å². The summed E-state index contributed by atoms with van der Waals surface area (Å²) in [5.74, 6) is -1.88. The average Bonchev–Trinajstić information content (AvgIpc) is 2.54. The molecule has 0 aromatic heterocycles. The van der Waals surface area contributed by atoms with Gasteiger partial charge in [-0.05, 0) is 17.7 Å². The number of methoxy groups -OCH3 is 2. The molecule has 114 valence electrons. The monoisotopic (exact) mass is 302 g/mol. The molecule has 0 unspecified atom stereocenters. The van der Waals surface area contributed by atoms with E-state index in [9.17, 15) is 14.3 Å². The Labute approximate surface area is 127 Å². The highest BCUT2D eigenvalue weighted by Crippen LogP contribution is 2.32. The molecule has 0 spiro atoms. The maximum Gasteiger partial charge on any atom is 0.231 e. The zero-order chi connectivity index (χ0) is 16.1. The van der Waals surface area contributed by atoms with E-state index in [1.807, 2.05) is 18.2 Å². The summed E-state index contributed by atoms with van der Waals surface area (Å²) >= 11 is 0. The van der Waals surface area contributed by atoms with E-state index >= 15 is 0 Å². The van der Waals surface area contributed by atoms with Gasteiger partial charge in [0.2, 0.25) is 5.78 Å². The quantitative estimate of drug-likeness (QED) is 0.522. The molecule has 2 aromatic carbocycles. The Kier molecular flexibility index (Phi) is 4.78. The van der Waals surface area contributed by atoms with Gasteiger partial charge in [-0.2, -0.15) is 0 Å². The first-order valence-electron chi connectivity index (χ1n) is 6.48. The maximum absolute atomic E-state index is 13.5. The van der Waals surface area contributed by atoms with Crippen molar-refractivity contribution in [3.05, 3.63) is 65.2 Å². The zero-order valence-electron chi connectivity index (χ0n) is 12.2. The molecular formula is C17H15FO4. The molecule has 0 saturated carbocycles. The first-order valence-corrected chi connectivity index (χ1v) is 6.48. The second kappa shape index (κ2) is 6.76. The molecule has 2 rings (SSSR count). The van der Waals surface area contributed by atoms with Crippen molar-refractivity contribution in [3.8, 4) is 11.5 Å². The highest BCUT2D eigenvalue weighted by molar-refractivity contribution is 6.11. The molecule has 2 aromatic rings. The Bertz CT molecular complexity index is 708. The molecule has 0 saturated heterocycles. The molecule has 0 radical (unpaired) electrons. The van der Waals surface area contributed by atoms with Gasteiger partial charge in [0.05, 0.1) is 19.8 Å². The van der Waals surface area contributed by atoms with Gasteiger partial charge < -0.3 is 14.6 Å². The summed E-state index contributed by atoms with van der Waals surface area (Å²) in [5, 5.41) is 10.00. The summed E-state index contributed by atoms with van der Waals surface area (Å²) in [6.45, 7) is 0. The molecule has 1 N–H and O–H groups in total. The molecule has 0 bridgehead atoms. The van der Waals surface area contributed by atoms with Crippen molar-refractivity contribution in [2.24, 2.45) is 0 Å². The Morgan fingerprint density at radius 3 is 2.45 bits per heavy atom. The molecule has 0 heterocycles.